The maximum atomic E-state index is 12.7. The summed E-state index contributed by atoms with van der Waals surface area (Å²) >= 11 is 0. The molecule has 0 bridgehead atoms. The third kappa shape index (κ3) is 41.3. The lowest BCUT2D eigenvalue weighted by molar-refractivity contribution is -0.167. The van der Waals surface area contributed by atoms with Gasteiger partial charge in [-0.15, -0.1) is 0 Å². The average molecular weight is 763 g/mol. The summed E-state index contributed by atoms with van der Waals surface area (Å²) in [6, 6.07) is 0. The fourth-order valence-corrected chi connectivity index (χ4v) is 6.91. The molecule has 54 heavy (non-hydrogen) atoms. The summed E-state index contributed by atoms with van der Waals surface area (Å²) in [7, 11) is 0. The molecular formula is C48H90O6. The highest BCUT2D eigenvalue weighted by atomic mass is 16.6. The van der Waals surface area contributed by atoms with E-state index in [1.54, 1.807) is 0 Å². The number of carbonyl (C=O) groups is 3. The molecule has 0 heterocycles. The highest BCUT2D eigenvalue weighted by Crippen LogP contribution is 2.15. The molecule has 1 atom stereocenters. The number of carbonyl (C=O) groups excluding carboxylic acids is 3. The molecular weight excluding hydrogens is 673 g/mol. The van der Waals surface area contributed by atoms with Gasteiger partial charge >= 0.3 is 17.9 Å². The number of hydrogen-bond donors (Lipinski definition) is 0. The van der Waals surface area contributed by atoms with Crippen molar-refractivity contribution < 1.29 is 28.6 Å². The van der Waals surface area contributed by atoms with Crippen molar-refractivity contribution in [3.8, 4) is 0 Å². The molecule has 0 saturated heterocycles. The van der Waals surface area contributed by atoms with Gasteiger partial charge in [0.1, 0.15) is 13.2 Å². The minimum Gasteiger partial charge on any atom is -0.462 e. The van der Waals surface area contributed by atoms with Crippen LogP contribution in [-0.2, 0) is 28.6 Å². The average Bonchev–Trinajstić information content (AvgIpc) is 3.17. The summed E-state index contributed by atoms with van der Waals surface area (Å²) in [5.41, 5.74) is 0. The quantitative estimate of drug-likeness (QED) is 0.0266. The summed E-state index contributed by atoms with van der Waals surface area (Å²) in [6.45, 7) is 6.62. The molecule has 0 aliphatic heterocycles. The van der Waals surface area contributed by atoms with Gasteiger partial charge in [0.05, 0.1) is 0 Å². The molecule has 0 aliphatic carbocycles. The predicted octanol–water partition coefficient (Wildman–Crippen LogP) is 15.0. The van der Waals surface area contributed by atoms with E-state index in [4.69, 9.17) is 14.2 Å². The fraction of sp³-hybridized carbons (Fsp3) is 0.896. The van der Waals surface area contributed by atoms with Crippen molar-refractivity contribution in [2.75, 3.05) is 13.2 Å². The van der Waals surface area contributed by atoms with Crippen LogP contribution in [0.15, 0.2) is 12.2 Å². The van der Waals surface area contributed by atoms with Crippen molar-refractivity contribution in [2.45, 2.75) is 264 Å². The number of esters is 3. The van der Waals surface area contributed by atoms with E-state index >= 15 is 0 Å². The molecule has 0 fully saturated rings. The Morgan fingerprint density at radius 3 is 0.944 bits per heavy atom. The molecule has 0 rings (SSSR count). The third-order valence-electron chi connectivity index (χ3n) is 10.5. The van der Waals surface area contributed by atoms with E-state index in [1.165, 1.54) is 154 Å². The lowest BCUT2D eigenvalue weighted by Crippen LogP contribution is -2.30. The predicted molar refractivity (Wildman–Crippen MR) is 229 cm³/mol. The second-order valence-electron chi connectivity index (χ2n) is 16.0. The van der Waals surface area contributed by atoms with Crippen molar-refractivity contribution in [3.63, 3.8) is 0 Å². The van der Waals surface area contributed by atoms with Gasteiger partial charge in [-0.1, -0.05) is 206 Å². The van der Waals surface area contributed by atoms with Gasteiger partial charge in [-0.25, -0.2) is 0 Å². The lowest BCUT2D eigenvalue weighted by Gasteiger charge is -2.18. The van der Waals surface area contributed by atoms with E-state index in [-0.39, 0.29) is 31.1 Å². The zero-order valence-electron chi connectivity index (χ0n) is 36.3. The number of ether oxygens (including phenoxy) is 3. The number of unbranched alkanes of at least 4 members (excludes halogenated alkanes) is 30. The molecule has 0 spiro atoms. The molecule has 0 aromatic rings. The summed E-state index contributed by atoms with van der Waals surface area (Å²) in [5.74, 6) is -0.868. The minimum atomic E-state index is -0.764. The van der Waals surface area contributed by atoms with Gasteiger partial charge in [-0.2, -0.15) is 0 Å². The van der Waals surface area contributed by atoms with Crippen molar-refractivity contribution in [2.24, 2.45) is 0 Å². The summed E-state index contributed by atoms with van der Waals surface area (Å²) in [4.78, 5) is 37.7. The Hall–Kier alpha value is -1.85. The summed E-state index contributed by atoms with van der Waals surface area (Å²) in [5, 5.41) is 0. The van der Waals surface area contributed by atoms with E-state index in [0.717, 1.165) is 64.2 Å². The lowest BCUT2D eigenvalue weighted by atomic mass is 10.0. The van der Waals surface area contributed by atoms with Crippen molar-refractivity contribution >= 4 is 17.9 Å². The van der Waals surface area contributed by atoms with Gasteiger partial charge in [0.15, 0.2) is 6.10 Å². The van der Waals surface area contributed by atoms with E-state index in [9.17, 15) is 14.4 Å². The van der Waals surface area contributed by atoms with Gasteiger partial charge < -0.3 is 14.2 Å². The Kier molecular flexibility index (Phi) is 42.4. The highest BCUT2D eigenvalue weighted by Gasteiger charge is 2.19. The van der Waals surface area contributed by atoms with Crippen molar-refractivity contribution in [1.29, 1.82) is 0 Å². The molecule has 318 valence electrons. The van der Waals surface area contributed by atoms with Gasteiger partial charge in [0, 0.05) is 19.3 Å². The zero-order valence-corrected chi connectivity index (χ0v) is 36.3. The van der Waals surface area contributed by atoms with E-state index in [0.29, 0.717) is 19.3 Å². The first kappa shape index (κ1) is 52.2. The fourth-order valence-electron chi connectivity index (χ4n) is 6.91. The first-order valence-corrected chi connectivity index (χ1v) is 23.7. The molecule has 1 unspecified atom stereocenters. The summed E-state index contributed by atoms with van der Waals surface area (Å²) < 4.78 is 16.7. The Balaban J connectivity index is 4.34. The minimum absolute atomic E-state index is 0.0681. The maximum Gasteiger partial charge on any atom is 0.306 e. The number of allylic oxidation sites excluding steroid dienone is 2. The Labute approximate surface area is 335 Å². The summed E-state index contributed by atoms with van der Waals surface area (Å²) in [6.07, 6.45) is 46.1. The van der Waals surface area contributed by atoms with E-state index in [1.807, 2.05) is 0 Å². The van der Waals surface area contributed by atoms with Crippen LogP contribution in [0, 0.1) is 0 Å². The SMILES string of the molecule is CCCCCC/C=C\CCCCCCCC(=O)OCC(COC(=O)CCCCCCCCCCCC)OC(=O)CCCCCCCCCCCCCCC. The van der Waals surface area contributed by atoms with E-state index in [2.05, 4.69) is 32.9 Å². The molecule has 6 nitrogen and oxygen atoms in total. The van der Waals surface area contributed by atoms with Gasteiger partial charge in [0.2, 0.25) is 0 Å². The monoisotopic (exact) mass is 763 g/mol. The van der Waals surface area contributed by atoms with Crippen LogP contribution in [0.4, 0.5) is 0 Å². The van der Waals surface area contributed by atoms with Crippen molar-refractivity contribution in [3.05, 3.63) is 12.2 Å². The third-order valence-corrected chi connectivity index (χ3v) is 10.5. The molecule has 0 aromatic heterocycles. The molecule has 0 aromatic carbocycles. The van der Waals surface area contributed by atoms with Crippen molar-refractivity contribution in [1.82, 2.24) is 0 Å². The van der Waals surface area contributed by atoms with Crippen LogP contribution < -0.4 is 0 Å². The van der Waals surface area contributed by atoms with Crippen LogP contribution >= 0.6 is 0 Å². The smallest absolute Gasteiger partial charge is 0.306 e. The van der Waals surface area contributed by atoms with Crippen LogP contribution in [-0.4, -0.2) is 37.2 Å². The first-order chi connectivity index (χ1) is 26.5. The van der Waals surface area contributed by atoms with Gasteiger partial charge in [0.25, 0.3) is 0 Å². The Bertz CT molecular complexity index is 839. The van der Waals surface area contributed by atoms with E-state index < -0.39 is 6.10 Å². The molecule has 0 N–H and O–H groups in total. The zero-order chi connectivity index (χ0) is 39.4. The van der Waals surface area contributed by atoms with Crippen LogP contribution in [0.2, 0.25) is 0 Å². The second kappa shape index (κ2) is 43.9. The first-order valence-electron chi connectivity index (χ1n) is 23.7. The molecule has 0 aliphatic rings. The molecule has 6 heteroatoms. The normalized spacial score (nSPS) is 12.0. The van der Waals surface area contributed by atoms with Crippen LogP contribution in [0.1, 0.15) is 258 Å². The number of rotatable bonds is 43. The highest BCUT2D eigenvalue weighted by molar-refractivity contribution is 5.71. The van der Waals surface area contributed by atoms with Gasteiger partial charge in [-0.3, -0.25) is 14.4 Å². The number of hydrogen-bond acceptors (Lipinski definition) is 6. The van der Waals surface area contributed by atoms with Crippen LogP contribution in [0.25, 0.3) is 0 Å². The Morgan fingerprint density at radius 1 is 0.352 bits per heavy atom. The topological polar surface area (TPSA) is 78.9 Å². The maximum absolute atomic E-state index is 12.7. The van der Waals surface area contributed by atoms with Crippen LogP contribution in [0.5, 0.6) is 0 Å². The van der Waals surface area contributed by atoms with Gasteiger partial charge in [-0.05, 0) is 44.9 Å². The van der Waals surface area contributed by atoms with Crippen LogP contribution in [0.3, 0.4) is 0 Å². The molecule has 0 radical (unpaired) electrons. The molecule has 0 amide bonds. The second-order valence-corrected chi connectivity index (χ2v) is 16.0. The molecule has 0 saturated carbocycles. The largest absolute Gasteiger partial charge is 0.462 e. The Morgan fingerprint density at radius 2 is 0.611 bits per heavy atom. The standard InChI is InChI=1S/C48H90O6/c1-4-7-10-13-16-19-22-24-26-29-32-35-38-41-47(50)53-44-45(43-52-46(49)40-37-34-31-28-21-18-15-12-9-6-3)54-48(51)42-39-36-33-30-27-25-23-20-17-14-11-8-5-2/h19,22,45H,4-18,20-21,23-44H2,1-3H3/b22-19-.